The summed E-state index contributed by atoms with van der Waals surface area (Å²) in [4.78, 5) is 55.0. The maximum absolute atomic E-state index is 15.0. The first-order chi connectivity index (χ1) is 25.1. The number of hydrogen-bond acceptors (Lipinski definition) is 6. The molecule has 0 aromatic heterocycles. The fraction of sp³-hybridized carbons (Fsp3) is 0.872. The summed E-state index contributed by atoms with van der Waals surface area (Å²) in [6.07, 6.45) is 15.4. The van der Waals surface area contributed by atoms with Crippen molar-refractivity contribution in [1.29, 1.82) is 0 Å². The number of hydrogen-bond donors (Lipinski definition) is 1. The predicted octanol–water partition coefficient (Wildman–Crippen LogP) is 6.06. The molecule has 2 N–H and O–H groups in total. The van der Waals surface area contributed by atoms with Crippen LogP contribution in [0.25, 0.3) is 0 Å². The molecule has 6 saturated carbocycles. The number of amides is 2. The number of rotatable bonds is 8. The molecule has 1 saturated heterocycles. The van der Waals surface area contributed by atoms with Gasteiger partial charge in [0, 0.05) is 36.9 Å². The summed E-state index contributed by atoms with van der Waals surface area (Å²) in [6.45, 7) is 28.9. The predicted molar refractivity (Wildman–Crippen MR) is 215 cm³/mol. The van der Waals surface area contributed by atoms with Gasteiger partial charge in [-0.3, -0.25) is 20.7 Å². The normalized spacial score (nSPS) is 43.1. The zero-order valence-electron chi connectivity index (χ0n) is 37.1. The first kappa shape index (κ1) is 46.5. The van der Waals surface area contributed by atoms with Crippen LogP contribution in [0.4, 0.5) is 0 Å². The molecular weight excluding hydrogens is 728 g/mol. The topological polar surface area (TPSA) is 123 Å². The molecule has 9 heteroatoms. The van der Waals surface area contributed by atoms with Crippen LogP contribution in [0, 0.1) is 73.4 Å². The van der Waals surface area contributed by atoms with Crippen molar-refractivity contribution in [3.8, 4) is 0 Å². The second kappa shape index (κ2) is 15.7. The number of nitrogens with zero attached hydrogens (tertiary/aromatic N) is 1. The number of ether oxygens (including phenoxy) is 1. The van der Waals surface area contributed by atoms with Gasteiger partial charge in [-0.25, -0.2) is 0 Å². The Kier molecular flexibility index (Phi) is 13.0. The van der Waals surface area contributed by atoms with E-state index < -0.39 is 5.41 Å². The van der Waals surface area contributed by atoms with E-state index in [1.165, 1.54) is 12.0 Å². The minimum atomic E-state index is -0.837. The number of likely N-dealkylation sites (tertiary alicyclic amines) is 1. The molecule has 7 aliphatic rings. The van der Waals surface area contributed by atoms with Crippen molar-refractivity contribution in [3.05, 3.63) is 12.2 Å². The van der Waals surface area contributed by atoms with Gasteiger partial charge in [0.1, 0.15) is 6.10 Å². The van der Waals surface area contributed by atoms with Crippen molar-refractivity contribution in [3.63, 3.8) is 0 Å². The standard InChI is InChI=1S/C47H73N2O5.K.H2O/c1-29(2)30-16-21-47(40(53)48-35-26-32(42(35,5)6)39(52)49-24-12-13-25-49)23-22-45(10)31(38(30)47)14-15-34-44(9)19-18-36(54-37(51)27-41(3,4)28-50)43(7,8)33(44)17-20-46(34,45)11;;/h30-36,38H,1,12-27H2,2-11H3,(H,48,53);;1H2/q-1;+1;/p-1/t30-,31?,32+,33?,34?,35?,36-,38?,44-,45+,46+,47-;;/m0../s1. The molecular formula is C47H74KN2O6-. The second-order valence-electron chi connectivity index (χ2n) is 22.5. The van der Waals surface area contributed by atoms with Gasteiger partial charge in [-0.1, -0.05) is 74.5 Å². The molecule has 2 amide bonds. The summed E-state index contributed by atoms with van der Waals surface area (Å²) in [5, 5.41) is 3.64. The molecule has 0 aromatic rings. The molecule has 1 heterocycles. The van der Waals surface area contributed by atoms with Crippen LogP contribution in [-0.2, 0) is 23.9 Å². The molecule has 0 bridgehead atoms. The Bertz CT molecular complexity index is 1570. The third kappa shape index (κ3) is 6.94. The number of carbonyl (C=O) groups excluding carboxylic acids is 4. The molecule has 56 heavy (non-hydrogen) atoms. The zero-order chi connectivity index (χ0) is 39.4. The Morgan fingerprint density at radius 3 is 2.11 bits per heavy atom. The van der Waals surface area contributed by atoms with E-state index in [0.717, 1.165) is 90.1 Å². The summed E-state index contributed by atoms with van der Waals surface area (Å²) in [5.41, 5.74) is 0.0168. The average molecular weight is 802 g/mol. The van der Waals surface area contributed by atoms with Crippen LogP contribution in [0.5, 0.6) is 0 Å². The Morgan fingerprint density at radius 1 is 0.839 bits per heavy atom. The fourth-order valence-electron chi connectivity index (χ4n) is 15.4. The van der Waals surface area contributed by atoms with E-state index in [2.05, 4.69) is 72.2 Å². The summed E-state index contributed by atoms with van der Waals surface area (Å²) in [7, 11) is 0. The Morgan fingerprint density at radius 2 is 1.50 bits per heavy atom. The third-order valence-corrected chi connectivity index (χ3v) is 18.9. The zero-order valence-corrected chi connectivity index (χ0v) is 40.2. The van der Waals surface area contributed by atoms with Crippen molar-refractivity contribution in [1.82, 2.24) is 10.2 Å². The minimum Gasteiger partial charge on any atom is -0.870 e. The average Bonchev–Trinajstić information content (AvgIpc) is 3.77. The fourth-order valence-corrected chi connectivity index (χ4v) is 15.4. The van der Waals surface area contributed by atoms with Gasteiger partial charge in [0.2, 0.25) is 11.8 Å². The molecule has 8 nitrogen and oxygen atoms in total. The van der Waals surface area contributed by atoms with Gasteiger partial charge in [-0.2, -0.15) is 0 Å². The summed E-state index contributed by atoms with van der Waals surface area (Å²) in [5.74, 6) is 2.38. The summed E-state index contributed by atoms with van der Waals surface area (Å²) < 4.78 is 6.23. The van der Waals surface area contributed by atoms with E-state index >= 15 is 0 Å². The van der Waals surface area contributed by atoms with Crippen LogP contribution in [0.3, 0.4) is 0 Å². The van der Waals surface area contributed by atoms with Gasteiger partial charge in [-0.05, 0) is 142 Å². The molecule has 310 valence electrons. The van der Waals surface area contributed by atoms with Crippen molar-refractivity contribution >= 4 is 24.1 Å². The molecule has 7 fully saturated rings. The summed E-state index contributed by atoms with van der Waals surface area (Å²) >= 11 is 0. The molecule has 1 aliphatic heterocycles. The van der Waals surface area contributed by atoms with E-state index in [4.69, 9.17) is 4.74 Å². The third-order valence-electron chi connectivity index (χ3n) is 18.9. The Balaban J connectivity index is 0.00000300. The molecule has 5 unspecified atom stereocenters. The maximum atomic E-state index is 15.0. The van der Waals surface area contributed by atoms with E-state index in [0.29, 0.717) is 35.5 Å². The Hall–Kier alpha value is -0.584. The number of carbonyl (C=O) groups is 3. The van der Waals surface area contributed by atoms with Crippen LogP contribution < -0.4 is 56.7 Å². The smallest absolute Gasteiger partial charge is 0.870 e. The van der Waals surface area contributed by atoms with Crippen LogP contribution >= 0.6 is 0 Å². The number of fused-ring (bicyclic) bond motifs is 7. The van der Waals surface area contributed by atoms with Crippen LogP contribution in [0.1, 0.15) is 159 Å². The van der Waals surface area contributed by atoms with Gasteiger partial charge in [-0.15, -0.1) is 5.41 Å². The van der Waals surface area contributed by atoms with Gasteiger partial charge in [0.05, 0.1) is 5.41 Å². The van der Waals surface area contributed by atoms with E-state index in [9.17, 15) is 19.2 Å². The van der Waals surface area contributed by atoms with Crippen LogP contribution in [-0.4, -0.2) is 59.7 Å². The molecule has 7 rings (SSSR count). The quantitative estimate of drug-likeness (QED) is 0.138. The molecule has 0 spiro atoms. The van der Waals surface area contributed by atoms with Crippen LogP contribution in [0.15, 0.2) is 12.2 Å². The number of allylic oxidation sites excluding steroid dienone is 1. The van der Waals surface area contributed by atoms with Crippen molar-refractivity contribution in [2.75, 3.05) is 13.1 Å². The van der Waals surface area contributed by atoms with Gasteiger partial charge < -0.3 is 25.2 Å². The largest absolute Gasteiger partial charge is 1.00 e. The molecule has 0 aromatic carbocycles. The number of esters is 1. The SMILES string of the molecule is C=C(C)[C@@H]1CC[C@]2(C(=O)NC3C[C@H](C(=O)N4CCCC4)C3(C)C)CC[C@]3(C)C(CCC4[C@@]5(C)CC[C@H](OC(=O)CC(C)(C)[C-]=O)C(C)(C)C5CC[C@]43C)C12.[K+].[OH-]. The van der Waals surface area contributed by atoms with Crippen molar-refractivity contribution < 1.29 is 80.8 Å². The van der Waals surface area contributed by atoms with Crippen molar-refractivity contribution in [2.24, 2.45) is 73.4 Å². The minimum absolute atomic E-state index is 0. The molecule has 12 atom stereocenters. The maximum Gasteiger partial charge on any atom is 1.00 e. The van der Waals surface area contributed by atoms with E-state index in [1.807, 2.05) is 6.29 Å². The van der Waals surface area contributed by atoms with Crippen molar-refractivity contribution in [2.45, 2.75) is 171 Å². The second-order valence-corrected chi connectivity index (χ2v) is 22.5. The monoisotopic (exact) mass is 802 g/mol. The van der Waals surface area contributed by atoms with Crippen LogP contribution in [0.2, 0.25) is 0 Å². The van der Waals surface area contributed by atoms with E-state index in [-0.39, 0.29) is 126 Å². The first-order valence-corrected chi connectivity index (χ1v) is 21.9. The van der Waals surface area contributed by atoms with Gasteiger partial charge >= 0.3 is 57.4 Å². The number of nitrogens with one attached hydrogen (secondary N) is 1. The molecule has 0 radical (unpaired) electrons. The Labute approximate surface area is 381 Å². The summed E-state index contributed by atoms with van der Waals surface area (Å²) in [6, 6.07) is 0.0323. The molecule has 6 aliphatic carbocycles. The van der Waals surface area contributed by atoms with Gasteiger partial charge in [0.25, 0.3) is 0 Å². The van der Waals surface area contributed by atoms with E-state index in [1.54, 1.807) is 13.8 Å². The first-order valence-electron chi connectivity index (χ1n) is 21.9. The van der Waals surface area contributed by atoms with Gasteiger partial charge in [0.15, 0.2) is 0 Å².